The number of ether oxygens (including phenoxy) is 1. The molecule has 0 spiro atoms. The predicted octanol–water partition coefficient (Wildman–Crippen LogP) is 3.21. The monoisotopic (exact) mass is 278 g/mol. The fraction of sp³-hybridized carbons (Fsp3) is 0.0556. The average Bonchev–Trinajstić information content (AvgIpc) is 2.52. The third kappa shape index (κ3) is 5.25. The number of rotatable bonds is 4. The maximum Gasteiger partial charge on any atom is 0.328 e. The highest BCUT2D eigenvalue weighted by atomic mass is 16.5. The summed E-state index contributed by atoms with van der Waals surface area (Å²) in [5.74, 6) is 5.68. The molecular weight excluding hydrogens is 264 g/mol. The predicted molar refractivity (Wildman–Crippen MR) is 81.9 cm³/mol. The fourth-order valence-electron chi connectivity index (χ4n) is 1.62. The molecular formula is C18H14O3. The summed E-state index contributed by atoms with van der Waals surface area (Å²) in [6.45, 7) is 0.305. The molecule has 0 radical (unpaired) electrons. The van der Waals surface area contributed by atoms with E-state index in [0.29, 0.717) is 12.4 Å². The first-order valence-electron chi connectivity index (χ1n) is 6.42. The Morgan fingerprint density at radius 2 is 1.81 bits per heavy atom. The van der Waals surface area contributed by atoms with Crippen LogP contribution >= 0.6 is 0 Å². The van der Waals surface area contributed by atoms with Gasteiger partial charge in [0, 0.05) is 11.6 Å². The van der Waals surface area contributed by atoms with Crippen LogP contribution in [-0.2, 0) is 4.79 Å². The minimum Gasteiger partial charge on any atom is -0.481 e. The molecule has 0 bridgehead atoms. The highest BCUT2D eigenvalue weighted by Crippen LogP contribution is 2.12. The Morgan fingerprint density at radius 3 is 2.48 bits per heavy atom. The number of hydrogen-bond donors (Lipinski definition) is 1. The molecule has 0 aliphatic rings. The second-order valence-electron chi connectivity index (χ2n) is 4.20. The van der Waals surface area contributed by atoms with Crippen molar-refractivity contribution >= 4 is 12.0 Å². The number of hydrogen-bond acceptors (Lipinski definition) is 2. The summed E-state index contributed by atoms with van der Waals surface area (Å²) in [5.41, 5.74) is 1.76. The van der Waals surface area contributed by atoms with E-state index in [0.717, 1.165) is 17.2 Å². The Labute approximate surface area is 123 Å². The molecule has 21 heavy (non-hydrogen) atoms. The van der Waals surface area contributed by atoms with Crippen LogP contribution in [0.15, 0.2) is 60.7 Å². The molecule has 3 heteroatoms. The number of carboxylic acid groups (broad SMARTS) is 1. The van der Waals surface area contributed by atoms with Gasteiger partial charge in [0.15, 0.2) is 0 Å². The molecule has 0 unspecified atom stereocenters. The van der Waals surface area contributed by atoms with Crippen molar-refractivity contribution in [2.45, 2.75) is 0 Å². The lowest BCUT2D eigenvalue weighted by Crippen LogP contribution is -1.93. The molecule has 0 aliphatic heterocycles. The van der Waals surface area contributed by atoms with E-state index < -0.39 is 5.97 Å². The number of carbonyl (C=O) groups is 1. The lowest BCUT2D eigenvalue weighted by atomic mass is 10.2. The van der Waals surface area contributed by atoms with Gasteiger partial charge in [0.2, 0.25) is 0 Å². The SMILES string of the molecule is O=C(O)C=Cc1ccc(OCC#Cc2ccccc2)cc1. The molecule has 104 valence electrons. The first-order valence-corrected chi connectivity index (χ1v) is 6.42. The van der Waals surface area contributed by atoms with Crippen molar-refractivity contribution in [1.29, 1.82) is 0 Å². The van der Waals surface area contributed by atoms with Crippen molar-refractivity contribution in [3.8, 4) is 17.6 Å². The molecule has 0 heterocycles. The maximum atomic E-state index is 10.4. The second kappa shape index (κ2) is 7.56. The van der Waals surface area contributed by atoms with Crippen LogP contribution in [-0.4, -0.2) is 17.7 Å². The van der Waals surface area contributed by atoms with Crippen molar-refractivity contribution in [3.05, 3.63) is 71.8 Å². The van der Waals surface area contributed by atoms with Crippen LogP contribution < -0.4 is 4.74 Å². The van der Waals surface area contributed by atoms with Crippen molar-refractivity contribution in [1.82, 2.24) is 0 Å². The molecule has 2 aromatic carbocycles. The number of carboxylic acids is 1. The van der Waals surface area contributed by atoms with Crippen LogP contribution in [0.25, 0.3) is 6.08 Å². The van der Waals surface area contributed by atoms with Crippen molar-refractivity contribution < 1.29 is 14.6 Å². The molecule has 0 fully saturated rings. The largest absolute Gasteiger partial charge is 0.481 e. The van der Waals surface area contributed by atoms with Crippen LogP contribution in [0.5, 0.6) is 5.75 Å². The minimum absolute atomic E-state index is 0.305. The zero-order valence-electron chi connectivity index (χ0n) is 11.3. The molecule has 0 saturated heterocycles. The first-order chi connectivity index (χ1) is 10.2. The molecule has 0 atom stereocenters. The van der Waals surface area contributed by atoms with E-state index in [-0.39, 0.29) is 0 Å². The minimum atomic E-state index is -0.966. The third-order valence-corrected chi connectivity index (χ3v) is 2.62. The second-order valence-corrected chi connectivity index (χ2v) is 4.20. The van der Waals surface area contributed by atoms with Crippen molar-refractivity contribution in [2.75, 3.05) is 6.61 Å². The molecule has 0 aromatic heterocycles. The first kappa shape index (κ1) is 14.4. The van der Waals surface area contributed by atoms with Crippen LogP contribution in [0, 0.1) is 11.8 Å². The standard InChI is InChI=1S/C18H14O3/c19-18(20)13-10-16-8-11-17(12-9-16)21-14-4-7-15-5-2-1-3-6-15/h1-3,5-6,8-13H,14H2,(H,19,20). The smallest absolute Gasteiger partial charge is 0.328 e. The van der Waals surface area contributed by atoms with E-state index in [9.17, 15) is 4.79 Å². The molecule has 0 aliphatic carbocycles. The Hall–Kier alpha value is -2.99. The molecule has 0 amide bonds. The summed E-state index contributed by atoms with van der Waals surface area (Å²) in [6.07, 6.45) is 2.63. The van der Waals surface area contributed by atoms with Crippen LogP contribution in [0.1, 0.15) is 11.1 Å². The van der Waals surface area contributed by atoms with E-state index in [1.807, 2.05) is 30.3 Å². The summed E-state index contributed by atoms with van der Waals surface area (Å²) in [7, 11) is 0. The van der Waals surface area contributed by atoms with Crippen LogP contribution in [0.4, 0.5) is 0 Å². The maximum absolute atomic E-state index is 10.4. The van der Waals surface area contributed by atoms with Gasteiger partial charge in [-0.3, -0.25) is 0 Å². The van der Waals surface area contributed by atoms with E-state index in [2.05, 4.69) is 11.8 Å². The van der Waals surface area contributed by atoms with Gasteiger partial charge >= 0.3 is 5.97 Å². The highest BCUT2D eigenvalue weighted by molar-refractivity contribution is 5.85. The highest BCUT2D eigenvalue weighted by Gasteiger charge is 1.93. The quantitative estimate of drug-likeness (QED) is 0.690. The topological polar surface area (TPSA) is 46.5 Å². The van der Waals surface area contributed by atoms with Crippen molar-refractivity contribution in [2.24, 2.45) is 0 Å². The molecule has 2 aromatic rings. The van der Waals surface area contributed by atoms with Gasteiger partial charge in [0.25, 0.3) is 0 Å². The summed E-state index contributed by atoms with van der Waals surface area (Å²) >= 11 is 0. The Morgan fingerprint density at radius 1 is 1.10 bits per heavy atom. The Bertz CT molecular complexity index is 674. The van der Waals surface area contributed by atoms with E-state index in [1.165, 1.54) is 6.08 Å². The van der Waals surface area contributed by atoms with Gasteiger partial charge < -0.3 is 9.84 Å². The fourth-order valence-corrected chi connectivity index (χ4v) is 1.62. The summed E-state index contributed by atoms with van der Waals surface area (Å²) in [4.78, 5) is 10.4. The van der Waals surface area contributed by atoms with E-state index in [1.54, 1.807) is 24.3 Å². The van der Waals surface area contributed by atoms with Gasteiger partial charge in [0.05, 0.1) is 0 Å². The van der Waals surface area contributed by atoms with Gasteiger partial charge in [0.1, 0.15) is 12.4 Å². The number of aliphatic carboxylic acids is 1. The number of benzene rings is 2. The van der Waals surface area contributed by atoms with Gasteiger partial charge in [-0.05, 0) is 35.9 Å². The Balaban J connectivity index is 1.87. The van der Waals surface area contributed by atoms with Gasteiger partial charge in [-0.2, -0.15) is 0 Å². The molecule has 0 saturated carbocycles. The lowest BCUT2D eigenvalue weighted by Gasteiger charge is -2.01. The normalized spacial score (nSPS) is 9.90. The van der Waals surface area contributed by atoms with E-state index >= 15 is 0 Å². The summed E-state index contributed by atoms with van der Waals surface area (Å²) in [5, 5.41) is 8.54. The third-order valence-electron chi connectivity index (χ3n) is 2.62. The zero-order valence-corrected chi connectivity index (χ0v) is 11.3. The van der Waals surface area contributed by atoms with Gasteiger partial charge in [-0.25, -0.2) is 4.79 Å². The van der Waals surface area contributed by atoms with Gasteiger partial charge in [-0.15, -0.1) is 0 Å². The van der Waals surface area contributed by atoms with Crippen molar-refractivity contribution in [3.63, 3.8) is 0 Å². The lowest BCUT2D eigenvalue weighted by molar-refractivity contribution is -0.131. The molecule has 3 nitrogen and oxygen atoms in total. The Kier molecular flexibility index (Phi) is 5.19. The van der Waals surface area contributed by atoms with Crippen LogP contribution in [0.3, 0.4) is 0 Å². The van der Waals surface area contributed by atoms with Crippen LogP contribution in [0.2, 0.25) is 0 Å². The summed E-state index contributed by atoms with van der Waals surface area (Å²) in [6, 6.07) is 16.9. The molecule has 1 N–H and O–H groups in total. The van der Waals surface area contributed by atoms with E-state index in [4.69, 9.17) is 9.84 Å². The zero-order chi connectivity index (χ0) is 14.9. The molecule has 2 rings (SSSR count). The average molecular weight is 278 g/mol. The summed E-state index contributed by atoms with van der Waals surface area (Å²) < 4.78 is 5.49. The van der Waals surface area contributed by atoms with Gasteiger partial charge in [-0.1, -0.05) is 42.2 Å².